The molecule has 9 heteroatoms. The molecule has 1 atom stereocenters. The average Bonchev–Trinajstić information content (AvgIpc) is 2.62. The van der Waals surface area contributed by atoms with E-state index in [1.165, 1.54) is 0 Å². The molecular formula is C8H11BF4N4. The smallest absolute Gasteiger partial charge is 0.418 e. The number of hydrogen-bond donors (Lipinski definition) is 0. The molecule has 0 fully saturated rings. The maximum Gasteiger partial charge on any atom is 0.673 e. The van der Waals surface area contributed by atoms with Crippen molar-refractivity contribution < 1.29 is 21.7 Å². The fourth-order valence-electron chi connectivity index (χ4n) is 1.13. The zero-order valence-electron chi connectivity index (χ0n) is 9.32. The monoisotopic (exact) mass is 250 g/mol. The molecule has 1 unspecified atom stereocenters. The van der Waals surface area contributed by atoms with E-state index in [0.717, 1.165) is 18.1 Å². The molecule has 0 aromatic carbocycles. The lowest BCUT2D eigenvalue weighted by atomic mass is 10.3. The predicted octanol–water partition coefficient (Wildman–Crippen LogP) is 2.08. The lowest BCUT2D eigenvalue weighted by molar-refractivity contribution is -0.757. The molecule has 2 aliphatic heterocycles. The molecule has 2 rings (SSSR count). The zero-order chi connectivity index (χ0) is 13.1. The Morgan fingerprint density at radius 1 is 1.24 bits per heavy atom. The molecule has 0 aromatic heterocycles. The summed E-state index contributed by atoms with van der Waals surface area (Å²) in [5.74, 6) is 0.735. The van der Waals surface area contributed by atoms with Gasteiger partial charge in [-0.2, -0.15) is 4.99 Å². The van der Waals surface area contributed by atoms with E-state index < -0.39 is 7.25 Å². The molecule has 4 nitrogen and oxygen atoms in total. The van der Waals surface area contributed by atoms with Crippen LogP contribution in [0, 0.1) is 0 Å². The van der Waals surface area contributed by atoms with Gasteiger partial charge in [-0.25, -0.2) is 9.98 Å². The van der Waals surface area contributed by atoms with E-state index in [-0.39, 0.29) is 0 Å². The van der Waals surface area contributed by atoms with E-state index in [1.54, 1.807) is 6.34 Å². The summed E-state index contributed by atoms with van der Waals surface area (Å²) in [6.45, 7) is 3.10. The highest BCUT2D eigenvalue weighted by molar-refractivity contribution is 6.50. The van der Waals surface area contributed by atoms with Gasteiger partial charge in [-0.15, -0.1) is 0 Å². The van der Waals surface area contributed by atoms with Crippen LogP contribution >= 0.6 is 0 Å². The van der Waals surface area contributed by atoms with Crippen LogP contribution in [0.5, 0.6) is 0 Å². The second-order valence-electron chi connectivity index (χ2n) is 3.61. The van der Waals surface area contributed by atoms with Crippen molar-refractivity contribution in [1.29, 1.82) is 0 Å². The maximum absolute atomic E-state index is 9.75. The fraction of sp³-hybridized carbons (Fsp3) is 0.375. The molecule has 0 aromatic rings. The van der Waals surface area contributed by atoms with E-state index in [9.17, 15) is 17.3 Å². The summed E-state index contributed by atoms with van der Waals surface area (Å²) in [6.07, 6.45) is 5.50. The Morgan fingerprint density at radius 2 is 1.82 bits per heavy atom. The third kappa shape index (κ3) is 4.47. The van der Waals surface area contributed by atoms with Crippen LogP contribution in [0.3, 0.4) is 0 Å². The van der Waals surface area contributed by atoms with Gasteiger partial charge in [-0.3, -0.25) is 4.48 Å². The number of rotatable bonds is 1. The van der Waals surface area contributed by atoms with Crippen molar-refractivity contribution in [3.63, 3.8) is 0 Å². The highest BCUT2D eigenvalue weighted by atomic mass is 19.5. The minimum atomic E-state index is -6.00. The van der Waals surface area contributed by atoms with Crippen molar-refractivity contribution in [1.82, 2.24) is 0 Å². The van der Waals surface area contributed by atoms with Gasteiger partial charge >= 0.3 is 7.25 Å². The first-order chi connectivity index (χ1) is 7.73. The largest absolute Gasteiger partial charge is 0.673 e. The molecule has 0 bridgehead atoms. The highest BCUT2D eigenvalue weighted by Gasteiger charge is 2.24. The van der Waals surface area contributed by atoms with Gasteiger partial charge < -0.3 is 17.3 Å². The third-order valence-corrected chi connectivity index (χ3v) is 2.15. The number of hydrogen-bond acceptors (Lipinski definition) is 3. The SMILES string of the molecule is CC[N+]1(C)C=NC2=NC=NC2=C1.F[B-](F)(F)F. The van der Waals surface area contributed by atoms with E-state index in [2.05, 4.69) is 35.1 Å². The van der Waals surface area contributed by atoms with Crippen molar-refractivity contribution in [3.8, 4) is 0 Å². The summed E-state index contributed by atoms with van der Waals surface area (Å²) in [5.41, 5.74) is 0.891. The molecule has 17 heavy (non-hydrogen) atoms. The minimum Gasteiger partial charge on any atom is -0.418 e. The van der Waals surface area contributed by atoms with Crippen LogP contribution in [0.25, 0.3) is 0 Å². The molecule has 2 aliphatic rings. The third-order valence-electron chi connectivity index (χ3n) is 2.15. The van der Waals surface area contributed by atoms with Crippen LogP contribution in [-0.4, -0.2) is 43.8 Å². The van der Waals surface area contributed by atoms with E-state index >= 15 is 0 Å². The Bertz CT molecular complexity index is 406. The van der Waals surface area contributed by atoms with Gasteiger partial charge in [-0.05, 0) is 6.92 Å². The van der Waals surface area contributed by atoms with E-state index in [0.29, 0.717) is 4.48 Å². The van der Waals surface area contributed by atoms with Crippen LogP contribution in [0.4, 0.5) is 17.3 Å². The van der Waals surface area contributed by atoms with Crippen LogP contribution in [0.15, 0.2) is 26.9 Å². The molecule has 0 saturated carbocycles. The minimum absolute atomic E-state index is 0.700. The topological polar surface area (TPSA) is 37.1 Å². The van der Waals surface area contributed by atoms with Crippen LogP contribution < -0.4 is 0 Å². The zero-order valence-corrected chi connectivity index (χ0v) is 9.32. The van der Waals surface area contributed by atoms with Crippen LogP contribution in [0.1, 0.15) is 6.92 Å². The van der Waals surface area contributed by atoms with Gasteiger partial charge in [-0.1, -0.05) is 0 Å². The van der Waals surface area contributed by atoms with E-state index in [4.69, 9.17) is 0 Å². The lowest BCUT2D eigenvalue weighted by Gasteiger charge is -2.24. The number of nitrogens with zero attached hydrogens (tertiary/aromatic N) is 4. The summed E-state index contributed by atoms with van der Waals surface area (Å²) in [6, 6.07) is 0. The number of halogens is 4. The molecule has 0 amide bonds. The summed E-state index contributed by atoms with van der Waals surface area (Å²) in [7, 11) is -3.92. The second-order valence-corrected chi connectivity index (χ2v) is 3.61. The lowest BCUT2D eigenvalue weighted by Crippen LogP contribution is -2.39. The van der Waals surface area contributed by atoms with Crippen molar-refractivity contribution in [2.45, 2.75) is 6.92 Å². The van der Waals surface area contributed by atoms with Crippen molar-refractivity contribution in [3.05, 3.63) is 11.9 Å². The summed E-state index contributed by atoms with van der Waals surface area (Å²) < 4.78 is 39.7. The fourth-order valence-corrected chi connectivity index (χ4v) is 1.13. The Labute approximate surface area is 95.8 Å². The first-order valence-electron chi connectivity index (χ1n) is 4.84. The van der Waals surface area contributed by atoms with Crippen LogP contribution in [0.2, 0.25) is 0 Å². The van der Waals surface area contributed by atoms with Gasteiger partial charge in [0.15, 0.2) is 17.9 Å². The number of quaternary nitrogens is 1. The van der Waals surface area contributed by atoms with Crippen molar-refractivity contribution >= 4 is 25.8 Å². The standard InChI is InChI=1S/C8H11N4.BF4/c1-3-12(2)4-7-8(11-6-12)10-5-9-7;2-1(3,4)5/h4-6H,3H2,1-2H3;/q+1;-1. The molecule has 0 saturated heterocycles. The Morgan fingerprint density at radius 3 is 2.35 bits per heavy atom. The molecular weight excluding hydrogens is 239 g/mol. The van der Waals surface area contributed by atoms with Crippen LogP contribution in [-0.2, 0) is 0 Å². The Balaban J connectivity index is 0.000000249. The molecule has 94 valence electrons. The highest BCUT2D eigenvalue weighted by Crippen LogP contribution is 2.16. The number of amidine groups is 1. The molecule has 2 heterocycles. The van der Waals surface area contributed by atoms with Gasteiger partial charge in [0.2, 0.25) is 0 Å². The molecule has 0 aliphatic carbocycles. The quantitative estimate of drug-likeness (QED) is 0.388. The summed E-state index contributed by atoms with van der Waals surface area (Å²) in [5, 5.41) is 0. The van der Waals surface area contributed by atoms with Crippen molar-refractivity contribution in [2.75, 3.05) is 13.6 Å². The first kappa shape index (κ1) is 13.6. The Kier molecular flexibility index (Phi) is 3.81. The number of aliphatic imine (C=N–C) groups is 3. The maximum atomic E-state index is 9.75. The van der Waals surface area contributed by atoms with Crippen molar-refractivity contribution in [2.24, 2.45) is 15.0 Å². The predicted molar refractivity (Wildman–Crippen MR) is 59.4 cm³/mol. The summed E-state index contributed by atoms with van der Waals surface area (Å²) in [4.78, 5) is 12.3. The van der Waals surface area contributed by atoms with Gasteiger partial charge in [0.05, 0.1) is 13.6 Å². The van der Waals surface area contributed by atoms with E-state index in [1.807, 2.05) is 6.34 Å². The second kappa shape index (κ2) is 4.78. The molecule has 0 N–H and O–H groups in total. The Hall–Kier alpha value is -1.51. The van der Waals surface area contributed by atoms with Gasteiger partial charge in [0, 0.05) is 0 Å². The molecule has 0 radical (unpaired) electrons. The number of fused-ring (bicyclic) bond motifs is 1. The van der Waals surface area contributed by atoms with Gasteiger partial charge in [0.1, 0.15) is 12.5 Å². The first-order valence-corrected chi connectivity index (χ1v) is 4.84. The molecule has 0 spiro atoms. The summed E-state index contributed by atoms with van der Waals surface area (Å²) >= 11 is 0. The normalized spacial score (nSPS) is 25.8. The van der Waals surface area contributed by atoms with Gasteiger partial charge in [0.25, 0.3) is 0 Å². The average molecular weight is 250 g/mol.